The quantitative estimate of drug-likeness (QED) is 0.168. The van der Waals surface area contributed by atoms with E-state index in [0.29, 0.717) is 61.4 Å². The highest BCUT2D eigenvalue weighted by Gasteiger charge is 2.57. The summed E-state index contributed by atoms with van der Waals surface area (Å²) >= 11 is 0. The van der Waals surface area contributed by atoms with Crippen LogP contribution in [0.3, 0.4) is 0 Å². The van der Waals surface area contributed by atoms with Gasteiger partial charge in [-0.3, -0.25) is 4.79 Å². The Bertz CT molecular complexity index is 2170. The summed E-state index contributed by atoms with van der Waals surface area (Å²) in [6, 6.07) is 6.60. The summed E-state index contributed by atoms with van der Waals surface area (Å²) in [7, 11) is 0. The molecule has 310 valence electrons. The van der Waals surface area contributed by atoms with Gasteiger partial charge >= 0.3 is 12.1 Å². The Morgan fingerprint density at radius 1 is 0.983 bits per heavy atom. The van der Waals surface area contributed by atoms with Gasteiger partial charge in [-0.1, -0.05) is 20.8 Å². The van der Waals surface area contributed by atoms with Gasteiger partial charge in [0.25, 0.3) is 5.91 Å². The maximum Gasteiger partial charge on any atom is 0.434 e. The largest absolute Gasteiger partial charge is 0.490 e. The number of piperidine rings is 1. The molecule has 4 aromatic rings. The molecule has 3 aliphatic carbocycles. The second-order valence-corrected chi connectivity index (χ2v) is 17.2. The fraction of sp³-hybridized carbons (Fsp3) is 0.571. The van der Waals surface area contributed by atoms with Gasteiger partial charge in [-0.25, -0.2) is 33.5 Å². The summed E-state index contributed by atoms with van der Waals surface area (Å²) < 4.78 is 81.6. The van der Waals surface area contributed by atoms with Gasteiger partial charge in [0, 0.05) is 86.1 Å². The van der Waals surface area contributed by atoms with Crippen LogP contribution in [0, 0.1) is 29.6 Å². The molecule has 0 spiro atoms. The van der Waals surface area contributed by atoms with Crippen LogP contribution in [-0.2, 0) is 11.0 Å². The molecule has 8 rings (SSSR count). The Hall–Kier alpha value is -4.89. The van der Waals surface area contributed by atoms with Crippen LogP contribution >= 0.6 is 0 Å². The van der Waals surface area contributed by atoms with Crippen LogP contribution in [0.2, 0.25) is 0 Å². The van der Waals surface area contributed by atoms with Crippen LogP contribution in [0.15, 0.2) is 49.1 Å². The van der Waals surface area contributed by atoms with Gasteiger partial charge in [0.2, 0.25) is 11.9 Å². The number of ether oxygens (including phenoxy) is 1. The van der Waals surface area contributed by atoms with E-state index in [-0.39, 0.29) is 67.0 Å². The number of hydrogen-bond donors (Lipinski definition) is 2. The summed E-state index contributed by atoms with van der Waals surface area (Å²) in [5.74, 6) is -4.79. The Labute approximate surface area is 332 Å². The first-order valence-corrected chi connectivity index (χ1v) is 20.2. The molecular weight excluding hydrogens is 761 g/mol. The zero-order valence-corrected chi connectivity index (χ0v) is 32.7. The molecule has 4 aliphatic rings. The van der Waals surface area contributed by atoms with Crippen LogP contribution in [0.4, 0.5) is 27.9 Å². The van der Waals surface area contributed by atoms with Crippen molar-refractivity contribution in [3.8, 4) is 17.1 Å². The molecular formula is C42H48F5N7O4. The van der Waals surface area contributed by atoms with Gasteiger partial charge in [0.05, 0.1) is 11.1 Å². The number of nitrogens with zero attached hydrogens (tertiary/aromatic N) is 6. The highest BCUT2D eigenvalue weighted by Crippen LogP contribution is 2.51. The number of fused-ring (bicyclic) bond motifs is 3. The lowest BCUT2D eigenvalue weighted by atomic mass is 9.56. The van der Waals surface area contributed by atoms with Gasteiger partial charge in [-0.15, -0.1) is 0 Å². The fourth-order valence-electron chi connectivity index (χ4n) is 10.4. The molecule has 3 aromatic heterocycles. The topological polar surface area (TPSA) is 135 Å². The van der Waals surface area contributed by atoms with Crippen molar-refractivity contribution in [1.82, 2.24) is 29.8 Å². The van der Waals surface area contributed by atoms with Crippen LogP contribution in [-0.4, -0.2) is 72.1 Å². The predicted molar refractivity (Wildman–Crippen MR) is 204 cm³/mol. The molecule has 3 saturated carbocycles. The van der Waals surface area contributed by atoms with Gasteiger partial charge < -0.3 is 24.6 Å². The SMILES string of the molecule is CC1CC2CC(C)C(NC(=O)c3cnc(-c4cn(C5CCC(F)(F)CC5)c5cc(OC6CCN(c7ncccn7)CC6C)ccc45)nc3C(F)(F)F)(C(=O)O)C(C1)C2. The number of alkyl halides is 5. The standard InChI is InChI=1S/C42H48F5N7O4/c1-23-15-26-17-25(3)41(38(56)57,27(16-23)18-26)52-37(55)31-20-50-36(51-35(31)42(45,46)47)32-22-54(28-7-10-40(43,44)11-8-28)33-19-29(5-6-30(32)33)58-34-9-14-53(21-24(34)2)39-48-12-4-13-49-39/h4-6,12-13,19-20,22-28,34H,7-11,14-18,21H2,1-3H3,(H,52,55)(H,56,57). The van der Waals surface area contributed by atoms with E-state index in [1.165, 1.54) is 0 Å². The Kier molecular flexibility index (Phi) is 10.4. The second-order valence-electron chi connectivity index (χ2n) is 17.2. The number of hydrogen-bond acceptors (Lipinski definition) is 8. The molecule has 16 heteroatoms. The summed E-state index contributed by atoms with van der Waals surface area (Å²) in [5, 5.41) is 13.6. The minimum Gasteiger partial charge on any atom is -0.490 e. The van der Waals surface area contributed by atoms with Crippen molar-refractivity contribution in [3.05, 3.63) is 60.3 Å². The molecule has 4 heterocycles. The van der Waals surface area contributed by atoms with Crippen LogP contribution < -0.4 is 15.0 Å². The number of rotatable bonds is 8. The van der Waals surface area contributed by atoms with Crippen molar-refractivity contribution in [3.63, 3.8) is 0 Å². The van der Waals surface area contributed by atoms with E-state index < -0.39 is 52.6 Å². The molecule has 1 aromatic carbocycles. The molecule has 4 fully saturated rings. The van der Waals surface area contributed by atoms with Crippen molar-refractivity contribution >= 4 is 28.7 Å². The summed E-state index contributed by atoms with van der Waals surface area (Å²) in [5.41, 5.74) is -3.32. The molecule has 58 heavy (non-hydrogen) atoms. The first-order valence-electron chi connectivity index (χ1n) is 20.2. The molecule has 2 N–H and O–H groups in total. The number of carboxylic acids is 1. The predicted octanol–water partition coefficient (Wildman–Crippen LogP) is 8.60. The molecule has 7 unspecified atom stereocenters. The number of aliphatic carboxylic acids is 1. The normalized spacial score (nSPS) is 28.9. The zero-order chi connectivity index (χ0) is 41.1. The first-order chi connectivity index (χ1) is 27.5. The summed E-state index contributed by atoms with van der Waals surface area (Å²) in [4.78, 5) is 45.9. The number of aromatic nitrogens is 5. The average Bonchev–Trinajstić information content (AvgIpc) is 3.55. The van der Waals surface area contributed by atoms with E-state index in [0.717, 1.165) is 12.6 Å². The molecule has 1 aliphatic heterocycles. The highest BCUT2D eigenvalue weighted by molar-refractivity contribution is 6.00. The molecule has 0 radical (unpaired) electrons. The average molecular weight is 810 g/mol. The smallest absolute Gasteiger partial charge is 0.434 e. The second kappa shape index (κ2) is 15.0. The number of nitrogens with one attached hydrogen (secondary N) is 1. The number of halogens is 5. The molecule has 2 bridgehead atoms. The van der Waals surface area contributed by atoms with E-state index in [2.05, 4.69) is 37.1 Å². The lowest BCUT2D eigenvalue weighted by molar-refractivity contribution is -0.155. The number of benzene rings is 1. The van der Waals surface area contributed by atoms with E-state index >= 15 is 0 Å². The molecule has 1 saturated heterocycles. The number of carbonyl (C=O) groups is 2. The third-order valence-corrected chi connectivity index (χ3v) is 13.2. The van der Waals surface area contributed by atoms with Gasteiger partial charge in [0.1, 0.15) is 17.4 Å². The molecule has 7 atom stereocenters. The molecule has 1 amide bonds. The Morgan fingerprint density at radius 2 is 1.72 bits per heavy atom. The van der Waals surface area contributed by atoms with Crippen LogP contribution in [0.25, 0.3) is 22.3 Å². The number of carboxylic acid groups (broad SMARTS) is 1. The van der Waals surface area contributed by atoms with Crippen LogP contribution in [0.5, 0.6) is 5.75 Å². The van der Waals surface area contributed by atoms with Crippen molar-refractivity contribution in [2.24, 2.45) is 29.6 Å². The number of anilines is 1. The van der Waals surface area contributed by atoms with E-state index in [4.69, 9.17) is 4.74 Å². The van der Waals surface area contributed by atoms with E-state index in [1.54, 1.807) is 49.8 Å². The van der Waals surface area contributed by atoms with Crippen molar-refractivity contribution in [2.75, 3.05) is 18.0 Å². The zero-order valence-electron chi connectivity index (χ0n) is 32.7. The minimum atomic E-state index is -5.10. The third-order valence-electron chi connectivity index (χ3n) is 13.2. The summed E-state index contributed by atoms with van der Waals surface area (Å²) in [6.45, 7) is 7.17. The first kappa shape index (κ1) is 39.9. The van der Waals surface area contributed by atoms with Crippen LogP contribution in [0.1, 0.15) is 101 Å². The van der Waals surface area contributed by atoms with Gasteiger partial charge in [0.15, 0.2) is 11.5 Å². The van der Waals surface area contributed by atoms with Gasteiger partial charge in [-0.05, 0) is 80.4 Å². The van der Waals surface area contributed by atoms with E-state index in [9.17, 15) is 36.6 Å². The highest BCUT2D eigenvalue weighted by atomic mass is 19.4. The van der Waals surface area contributed by atoms with Crippen molar-refractivity contribution in [2.45, 2.75) is 108 Å². The maximum atomic E-state index is 14.9. The summed E-state index contributed by atoms with van der Waals surface area (Å²) in [6.07, 6.45) is 3.43. The van der Waals surface area contributed by atoms with Gasteiger partial charge in [-0.2, -0.15) is 13.2 Å². The minimum absolute atomic E-state index is 0.0934. The molecule has 11 nitrogen and oxygen atoms in total. The van der Waals surface area contributed by atoms with Crippen molar-refractivity contribution < 1.29 is 41.4 Å². The lowest BCUT2D eigenvalue weighted by Gasteiger charge is -2.52. The monoisotopic (exact) mass is 809 g/mol. The van der Waals surface area contributed by atoms with Crippen molar-refractivity contribution in [1.29, 1.82) is 0 Å². The maximum absolute atomic E-state index is 14.9. The van der Waals surface area contributed by atoms with E-state index in [1.807, 2.05) is 11.5 Å². The fourth-order valence-corrected chi connectivity index (χ4v) is 10.4. The third kappa shape index (κ3) is 7.47. The Balaban J connectivity index is 1.12. The number of amides is 1. The Morgan fingerprint density at radius 3 is 2.41 bits per heavy atom. The number of carbonyl (C=O) groups excluding carboxylic acids is 1. The lowest BCUT2D eigenvalue weighted by Crippen LogP contribution is -2.66.